The zero-order valence-electron chi connectivity index (χ0n) is 20.7. The first-order valence-electron chi connectivity index (χ1n) is 9.99. The number of carbonyl (C=O) groups excluding carboxylic acids is 1. The van der Waals surface area contributed by atoms with E-state index in [2.05, 4.69) is 6.58 Å². The molecule has 0 saturated heterocycles. The van der Waals surface area contributed by atoms with Gasteiger partial charge in [0.05, 0.1) is 63.7 Å². The molecule has 0 aliphatic heterocycles. The van der Waals surface area contributed by atoms with E-state index < -0.39 is 0 Å². The monoisotopic (exact) mass is 438 g/mol. The molecule has 0 aliphatic carbocycles. The van der Waals surface area contributed by atoms with Crippen LogP contribution in [0.15, 0.2) is 12.7 Å². The molecular formula is C22H46O8. The second kappa shape index (κ2) is 22.8. The predicted octanol–water partition coefficient (Wildman–Crippen LogP) is 2.64. The minimum atomic E-state index is -0.350. The van der Waals surface area contributed by atoms with Crippen LogP contribution in [-0.4, -0.2) is 101 Å². The standard InChI is InChI=1S/C16H34O7.C4H6O.C2H6/c1-17-7-15(8-18-2,9-19-3)13-23-14-16(10-20-4,11-21-5)12-22-6;1-3-4(2)5;1-2/h7-14H2,1-6H3;3H,1H2,2H3;1-2H3. The topological polar surface area (TPSA) is 81.7 Å². The first-order chi connectivity index (χ1) is 14.3. The highest BCUT2D eigenvalue weighted by Crippen LogP contribution is 2.24. The van der Waals surface area contributed by atoms with Gasteiger partial charge in [-0.05, 0) is 13.0 Å². The fourth-order valence-corrected chi connectivity index (χ4v) is 2.82. The van der Waals surface area contributed by atoms with Gasteiger partial charge in [0.2, 0.25) is 0 Å². The van der Waals surface area contributed by atoms with Crippen LogP contribution in [0, 0.1) is 10.8 Å². The molecule has 0 radical (unpaired) electrons. The molecule has 0 saturated carbocycles. The SMILES string of the molecule is C=CC(C)=O.CC.COCC(COC)(COC)COCC(COC)(COC)COC. The van der Waals surface area contributed by atoms with Gasteiger partial charge in [-0.2, -0.15) is 0 Å². The third kappa shape index (κ3) is 16.9. The van der Waals surface area contributed by atoms with Crippen LogP contribution >= 0.6 is 0 Å². The van der Waals surface area contributed by atoms with E-state index in [1.807, 2.05) is 13.8 Å². The highest BCUT2D eigenvalue weighted by molar-refractivity contribution is 5.86. The van der Waals surface area contributed by atoms with Crippen molar-refractivity contribution in [2.24, 2.45) is 10.8 Å². The Bertz CT molecular complexity index is 327. The molecule has 0 heterocycles. The van der Waals surface area contributed by atoms with Crippen molar-refractivity contribution in [2.45, 2.75) is 20.8 Å². The third-order valence-corrected chi connectivity index (χ3v) is 3.81. The Morgan fingerprint density at radius 3 is 0.967 bits per heavy atom. The fraction of sp³-hybridized carbons (Fsp3) is 0.864. The van der Waals surface area contributed by atoms with Crippen molar-refractivity contribution >= 4 is 5.78 Å². The van der Waals surface area contributed by atoms with Crippen LogP contribution in [0.5, 0.6) is 0 Å². The number of methoxy groups -OCH3 is 6. The van der Waals surface area contributed by atoms with Crippen molar-refractivity contribution in [2.75, 3.05) is 95.5 Å². The molecule has 30 heavy (non-hydrogen) atoms. The Morgan fingerprint density at radius 2 is 0.833 bits per heavy atom. The second-order valence-corrected chi connectivity index (χ2v) is 6.91. The van der Waals surface area contributed by atoms with Crippen molar-refractivity contribution in [3.63, 3.8) is 0 Å². The molecular weight excluding hydrogens is 392 g/mol. The lowest BCUT2D eigenvalue weighted by Crippen LogP contribution is -2.45. The first-order valence-corrected chi connectivity index (χ1v) is 9.99. The van der Waals surface area contributed by atoms with Gasteiger partial charge in [-0.1, -0.05) is 20.4 Å². The molecule has 0 rings (SSSR count). The maximum absolute atomic E-state index is 9.69. The average molecular weight is 439 g/mol. The van der Waals surface area contributed by atoms with Crippen molar-refractivity contribution in [3.05, 3.63) is 12.7 Å². The number of hydrogen-bond donors (Lipinski definition) is 0. The summed E-state index contributed by atoms with van der Waals surface area (Å²) in [6, 6.07) is 0. The Kier molecular flexibility index (Phi) is 25.7. The minimum absolute atomic E-state index is 0.0185. The largest absolute Gasteiger partial charge is 0.384 e. The molecule has 0 spiro atoms. The van der Waals surface area contributed by atoms with E-state index in [4.69, 9.17) is 33.2 Å². The third-order valence-electron chi connectivity index (χ3n) is 3.81. The van der Waals surface area contributed by atoms with E-state index in [1.165, 1.54) is 13.0 Å². The van der Waals surface area contributed by atoms with Crippen molar-refractivity contribution < 1.29 is 38.0 Å². The molecule has 0 aromatic rings. The first kappa shape index (κ1) is 33.8. The predicted molar refractivity (Wildman–Crippen MR) is 119 cm³/mol. The summed E-state index contributed by atoms with van der Waals surface area (Å²) in [6.07, 6.45) is 1.28. The molecule has 0 aliphatic rings. The van der Waals surface area contributed by atoms with E-state index >= 15 is 0 Å². The van der Waals surface area contributed by atoms with Gasteiger partial charge in [0.1, 0.15) is 0 Å². The summed E-state index contributed by atoms with van der Waals surface area (Å²) in [5.74, 6) is 0.0185. The van der Waals surface area contributed by atoms with Gasteiger partial charge in [0.25, 0.3) is 0 Å². The zero-order chi connectivity index (χ0) is 23.9. The lowest BCUT2D eigenvalue weighted by Gasteiger charge is -2.35. The number of ether oxygens (including phenoxy) is 7. The smallest absolute Gasteiger partial charge is 0.152 e. The summed E-state index contributed by atoms with van der Waals surface area (Å²) in [6.45, 7) is 12.5. The van der Waals surface area contributed by atoms with Crippen LogP contribution in [-0.2, 0) is 38.0 Å². The summed E-state index contributed by atoms with van der Waals surface area (Å²) >= 11 is 0. The zero-order valence-corrected chi connectivity index (χ0v) is 20.7. The normalized spacial score (nSPS) is 11.1. The summed E-state index contributed by atoms with van der Waals surface area (Å²) in [4.78, 5) is 9.69. The molecule has 0 amide bonds. The molecule has 0 bridgehead atoms. The van der Waals surface area contributed by atoms with E-state index in [1.54, 1.807) is 42.7 Å². The maximum Gasteiger partial charge on any atom is 0.152 e. The van der Waals surface area contributed by atoms with Gasteiger partial charge in [-0.3, -0.25) is 4.79 Å². The molecule has 0 aromatic heterocycles. The van der Waals surface area contributed by atoms with Gasteiger partial charge >= 0.3 is 0 Å². The Labute approximate surface area is 184 Å². The number of carbonyl (C=O) groups is 1. The van der Waals surface area contributed by atoms with Gasteiger partial charge in [0, 0.05) is 42.7 Å². The average Bonchev–Trinajstić information content (AvgIpc) is 2.71. The van der Waals surface area contributed by atoms with Crippen LogP contribution in [0.25, 0.3) is 0 Å². The highest BCUT2D eigenvalue weighted by atomic mass is 16.5. The summed E-state index contributed by atoms with van der Waals surface area (Å²) < 4.78 is 37.9. The number of allylic oxidation sites excluding steroid dienone is 1. The van der Waals surface area contributed by atoms with Gasteiger partial charge < -0.3 is 33.2 Å². The molecule has 0 aromatic carbocycles. The lowest BCUT2D eigenvalue weighted by molar-refractivity contribution is -0.125. The van der Waals surface area contributed by atoms with E-state index in [9.17, 15) is 4.79 Å². The minimum Gasteiger partial charge on any atom is -0.384 e. The summed E-state index contributed by atoms with van der Waals surface area (Å²) in [7, 11) is 9.95. The molecule has 8 heteroatoms. The van der Waals surface area contributed by atoms with E-state index in [0.717, 1.165) is 0 Å². The fourth-order valence-electron chi connectivity index (χ4n) is 2.82. The molecule has 8 nitrogen and oxygen atoms in total. The molecule has 0 unspecified atom stereocenters. The Morgan fingerprint density at radius 1 is 0.633 bits per heavy atom. The van der Waals surface area contributed by atoms with Crippen molar-refractivity contribution in [1.82, 2.24) is 0 Å². The molecule has 182 valence electrons. The van der Waals surface area contributed by atoms with Gasteiger partial charge in [-0.25, -0.2) is 0 Å². The van der Waals surface area contributed by atoms with Crippen LogP contribution in [0.1, 0.15) is 20.8 Å². The van der Waals surface area contributed by atoms with Crippen molar-refractivity contribution in [3.8, 4) is 0 Å². The lowest BCUT2D eigenvalue weighted by atomic mass is 9.90. The Balaban J connectivity index is -0.000000901. The highest BCUT2D eigenvalue weighted by Gasteiger charge is 2.35. The molecule has 0 fully saturated rings. The second-order valence-electron chi connectivity index (χ2n) is 6.91. The number of hydrogen-bond acceptors (Lipinski definition) is 8. The van der Waals surface area contributed by atoms with Gasteiger partial charge in [0.15, 0.2) is 5.78 Å². The summed E-state index contributed by atoms with van der Waals surface area (Å²) in [5, 5.41) is 0. The quantitative estimate of drug-likeness (QED) is 0.321. The molecule has 0 atom stereocenters. The Hall–Kier alpha value is -0.870. The van der Waals surface area contributed by atoms with E-state index in [0.29, 0.717) is 52.9 Å². The number of ketones is 1. The molecule has 0 N–H and O–H groups in total. The van der Waals surface area contributed by atoms with Crippen LogP contribution < -0.4 is 0 Å². The number of rotatable bonds is 17. The van der Waals surface area contributed by atoms with Crippen LogP contribution in [0.4, 0.5) is 0 Å². The maximum atomic E-state index is 9.69. The van der Waals surface area contributed by atoms with Crippen molar-refractivity contribution in [1.29, 1.82) is 0 Å². The van der Waals surface area contributed by atoms with Crippen LogP contribution in [0.3, 0.4) is 0 Å². The van der Waals surface area contributed by atoms with E-state index in [-0.39, 0.29) is 16.6 Å². The van der Waals surface area contributed by atoms with Gasteiger partial charge in [-0.15, -0.1) is 0 Å². The summed E-state index contributed by atoms with van der Waals surface area (Å²) in [5.41, 5.74) is -0.700. The van der Waals surface area contributed by atoms with Crippen LogP contribution in [0.2, 0.25) is 0 Å².